The molecule has 21 heavy (non-hydrogen) atoms. The predicted octanol–water partition coefficient (Wildman–Crippen LogP) is 3.21. The summed E-state index contributed by atoms with van der Waals surface area (Å²) in [5.41, 5.74) is 0.0103. The lowest BCUT2D eigenvalue weighted by molar-refractivity contribution is 0.447. The Kier molecular flexibility index (Phi) is 3.67. The van der Waals surface area contributed by atoms with Crippen molar-refractivity contribution in [2.24, 2.45) is 0 Å². The molecule has 1 aliphatic rings. The molecule has 1 aliphatic heterocycles. The Morgan fingerprint density at radius 1 is 0.952 bits per heavy atom. The molecule has 0 aliphatic carbocycles. The Morgan fingerprint density at radius 2 is 1.57 bits per heavy atom. The third kappa shape index (κ3) is 2.78. The first kappa shape index (κ1) is 14.1. The SMILES string of the molecule is Fc1cc(-c2nc(Cl)nc(N3CCCC3)n2)cc(F)c1F. The molecule has 0 spiro atoms. The van der Waals surface area contributed by atoms with Crippen molar-refractivity contribution in [2.45, 2.75) is 12.8 Å². The summed E-state index contributed by atoms with van der Waals surface area (Å²) >= 11 is 5.84. The molecule has 0 radical (unpaired) electrons. The monoisotopic (exact) mass is 314 g/mol. The Morgan fingerprint density at radius 3 is 2.19 bits per heavy atom. The number of hydrogen-bond donors (Lipinski definition) is 0. The van der Waals surface area contributed by atoms with E-state index in [9.17, 15) is 13.2 Å². The van der Waals surface area contributed by atoms with E-state index in [1.807, 2.05) is 4.90 Å². The molecule has 2 aromatic rings. The van der Waals surface area contributed by atoms with E-state index < -0.39 is 17.5 Å². The van der Waals surface area contributed by atoms with E-state index >= 15 is 0 Å². The molecule has 8 heteroatoms. The Bertz CT molecular complexity index is 666. The number of benzene rings is 1. The van der Waals surface area contributed by atoms with Crippen LogP contribution >= 0.6 is 11.6 Å². The van der Waals surface area contributed by atoms with Crippen LogP contribution in [0.5, 0.6) is 0 Å². The van der Waals surface area contributed by atoms with Crippen LogP contribution in [0.2, 0.25) is 5.28 Å². The Labute approximate surface area is 123 Å². The van der Waals surface area contributed by atoms with Crippen molar-refractivity contribution in [1.29, 1.82) is 0 Å². The zero-order valence-electron chi connectivity index (χ0n) is 10.8. The minimum absolute atomic E-state index is 0.00898. The molecule has 0 N–H and O–H groups in total. The molecule has 0 atom stereocenters. The number of aromatic nitrogens is 3. The summed E-state index contributed by atoms with van der Waals surface area (Å²) in [6.45, 7) is 1.57. The van der Waals surface area contributed by atoms with Gasteiger partial charge in [0.2, 0.25) is 11.2 Å². The smallest absolute Gasteiger partial charge is 0.230 e. The van der Waals surface area contributed by atoms with Gasteiger partial charge in [0, 0.05) is 18.7 Å². The van der Waals surface area contributed by atoms with Crippen molar-refractivity contribution in [3.8, 4) is 11.4 Å². The highest BCUT2D eigenvalue weighted by Gasteiger charge is 2.19. The highest BCUT2D eigenvalue weighted by molar-refractivity contribution is 6.28. The summed E-state index contributed by atoms with van der Waals surface area (Å²) in [7, 11) is 0. The average molecular weight is 315 g/mol. The lowest BCUT2D eigenvalue weighted by Crippen LogP contribution is -2.21. The van der Waals surface area contributed by atoms with E-state index in [2.05, 4.69) is 15.0 Å². The molecule has 2 heterocycles. The van der Waals surface area contributed by atoms with Crippen molar-refractivity contribution >= 4 is 17.5 Å². The highest BCUT2D eigenvalue weighted by Crippen LogP contribution is 2.24. The fourth-order valence-corrected chi connectivity index (χ4v) is 2.37. The van der Waals surface area contributed by atoms with E-state index in [1.165, 1.54) is 0 Å². The van der Waals surface area contributed by atoms with Gasteiger partial charge >= 0.3 is 0 Å². The second kappa shape index (κ2) is 5.48. The maximum Gasteiger partial charge on any atom is 0.230 e. The molecule has 110 valence electrons. The first-order valence-electron chi connectivity index (χ1n) is 6.36. The molecule has 1 saturated heterocycles. The third-order valence-corrected chi connectivity index (χ3v) is 3.40. The second-order valence-electron chi connectivity index (χ2n) is 4.68. The van der Waals surface area contributed by atoms with Crippen LogP contribution in [-0.2, 0) is 0 Å². The van der Waals surface area contributed by atoms with E-state index in [0.717, 1.165) is 38.1 Å². The summed E-state index contributed by atoms with van der Waals surface area (Å²) in [5, 5.41) is -0.0768. The zero-order valence-corrected chi connectivity index (χ0v) is 11.5. The number of halogens is 4. The molecule has 3 rings (SSSR count). The lowest BCUT2D eigenvalue weighted by atomic mass is 10.2. The molecule has 1 fully saturated rings. The van der Waals surface area contributed by atoms with Gasteiger partial charge in [-0.05, 0) is 36.6 Å². The van der Waals surface area contributed by atoms with E-state index in [4.69, 9.17) is 11.6 Å². The number of anilines is 1. The third-order valence-electron chi connectivity index (χ3n) is 3.23. The van der Waals surface area contributed by atoms with Crippen LogP contribution in [0.15, 0.2) is 12.1 Å². The van der Waals surface area contributed by atoms with Gasteiger partial charge in [0.1, 0.15) is 0 Å². The summed E-state index contributed by atoms with van der Waals surface area (Å²) < 4.78 is 39.6. The topological polar surface area (TPSA) is 41.9 Å². The Balaban J connectivity index is 2.06. The standard InChI is InChI=1S/C13H10ClF3N4/c14-12-18-11(7-5-8(15)10(17)9(16)6-7)19-13(20-12)21-3-1-2-4-21/h5-6H,1-4H2. The fourth-order valence-electron chi connectivity index (χ4n) is 2.21. The van der Waals surface area contributed by atoms with Crippen LogP contribution in [0.4, 0.5) is 19.1 Å². The van der Waals surface area contributed by atoms with Crippen LogP contribution < -0.4 is 4.90 Å². The van der Waals surface area contributed by atoms with Gasteiger partial charge in [-0.15, -0.1) is 0 Å². The van der Waals surface area contributed by atoms with Crippen LogP contribution in [0.3, 0.4) is 0 Å². The number of nitrogens with zero attached hydrogens (tertiary/aromatic N) is 4. The van der Waals surface area contributed by atoms with E-state index in [0.29, 0.717) is 5.95 Å². The molecule has 1 aromatic carbocycles. The number of hydrogen-bond acceptors (Lipinski definition) is 4. The first-order valence-corrected chi connectivity index (χ1v) is 6.74. The predicted molar refractivity (Wildman–Crippen MR) is 71.6 cm³/mol. The van der Waals surface area contributed by atoms with Crippen molar-refractivity contribution < 1.29 is 13.2 Å². The van der Waals surface area contributed by atoms with Gasteiger partial charge in [-0.3, -0.25) is 0 Å². The lowest BCUT2D eigenvalue weighted by Gasteiger charge is -2.15. The van der Waals surface area contributed by atoms with Crippen LogP contribution in [0.25, 0.3) is 11.4 Å². The highest BCUT2D eigenvalue weighted by atomic mass is 35.5. The van der Waals surface area contributed by atoms with E-state index in [1.54, 1.807) is 0 Å². The molecular weight excluding hydrogens is 305 g/mol. The van der Waals surface area contributed by atoms with Gasteiger partial charge in [0.25, 0.3) is 0 Å². The second-order valence-corrected chi connectivity index (χ2v) is 5.01. The molecule has 4 nitrogen and oxygen atoms in total. The maximum atomic E-state index is 13.3. The first-order chi connectivity index (χ1) is 10.0. The molecule has 0 bridgehead atoms. The van der Waals surface area contributed by atoms with Crippen molar-refractivity contribution in [2.75, 3.05) is 18.0 Å². The minimum atomic E-state index is -1.53. The molecule has 0 unspecified atom stereocenters. The van der Waals surface area contributed by atoms with Crippen molar-refractivity contribution in [3.63, 3.8) is 0 Å². The van der Waals surface area contributed by atoms with Crippen LogP contribution in [-0.4, -0.2) is 28.0 Å². The van der Waals surface area contributed by atoms with Gasteiger partial charge in [-0.25, -0.2) is 13.2 Å². The molecule has 0 amide bonds. The van der Waals surface area contributed by atoms with Gasteiger partial charge in [-0.2, -0.15) is 15.0 Å². The van der Waals surface area contributed by atoms with Crippen molar-refractivity contribution in [3.05, 3.63) is 34.9 Å². The zero-order chi connectivity index (χ0) is 15.0. The number of rotatable bonds is 2. The minimum Gasteiger partial charge on any atom is -0.341 e. The van der Waals surface area contributed by atoms with Gasteiger partial charge in [0.15, 0.2) is 23.3 Å². The average Bonchev–Trinajstić information content (AvgIpc) is 2.97. The summed E-state index contributed by atoms with van der Waals surface area (Å²) in [6, 6.07) is 1.66. The van der Waals surface area contributed by atoms with Crippen molar-refractivity contribution in [1.82, 2.24) is 15.0 Å². The normalized spacial score (nSPS) is 14.8. The maximum absolute atomic E-state index is 13.3. The summed E-state index contributed by atoms with van der Waals surface area (Å²) in [4.78, 5) is 13.9. The molecule has 0 saturated carbocycles. The van der Waals surface area contributed by atoms with Crippen LogP contribution in [0, 0.1) is 17.5 Å². The van der Waals surface area contributed by atoms with Gasteiger partial charge in [0.05, 0.1) is 0 Å². The van der Waals surface area contributed by atoms with Crippen LogP contribution in [0.1, 0.15) is 12.8 Å². The molecule has 1 aromatic heterocycles. The van der Waals surface area contributed by atoms with E-state index in [-0.39, 0.29) is 16.7 Å². The van der Waals surface area contributed by atoms with Gasteiger partial charge < -0.3 is 4.90 Å². The largest absolute Gasteiger partial charge is 0.341 e. The summed E-state index contributed by atoms with van der Waals surface area (Å²) in [6.07, 6.45) is 2.02. The molecular formula is C13H10ClF3N4. The Hall–Kier alpha value is -1.89. The van der Waals surface area contributed by atoms with Gasteiger partial charge in [-0.1, -0.05) is 0 Å². The fraction of sp³-hybridized carbons (Fsp3) is 0.308. The quantitative estimate of drug-likeness (QED) is 0.798. The summed E-state index contributed by atoms with van der Waals surface area (Å²) in [5.74, 6) is -3.77.